The Bertz CT molecular complexity index is 508. The van der Waals surface area contributed by atoms with E-state index in [2.05, 4.69) is 17.6 Å². The molecule has 0 radical (unpaired) electrons. The number of unbranched alkanes of at least 4 members (excludes halogenated alkanes) is 10. The van der Waals surface area contributed by atoms with E-state index in [0.717, 1.165) is 12.8 Å². The van der Waals surface area contributed by atoms with E-state index in [-0.39, 0.29) is 24.3 Å². The first-order valence-corrected chi connectivity index (χ1v) is 12.3. The molecule has 0 aromatic carbocycles. The van der Waals surface area contributed by atoms with Crippen molar-refractivity contribution in [3.8, 4) is 0 Å². The maximum Gasteiger partial charge on any atom is 0.410 e. The quantitative estimate of drug-likeness (QED) is 0.362. The third-order valence-electron chi connectivity index (χ3n) is 5.60. The number of urea groups is 1. The van der Waals surface area contributed by atoms with Gasteiger partial charge in [0.1, 0.15) is 5.60 Å². The third kappa shape index (κ3) is 12.8. The minimum atomic E-state index is -0.544. The second-order valence-electron chi connectivity index (χ2n) is 9.70. The zero-order valence-electron chi connectivity index (χ0n) is 20.6. The highest BCUT2D eigenvalue weighted by Gasteiger charge is 2.38. The van der Waals surface area contributed by atoms with E-state index in [0.29, 0.717) is 19.6 Å². The molecule has 2 atom stereocenters. The lowest BCUT2D eigenvalue weighted by molar-refractivity contribution is 0.0252. The second kappa shape index (κ2) is 15.3. The van der Waals surface area contributed by atoms with Crippen molar-refractivity contribution in [3.05, 3.63) is 0 Å². The van der Waals surface area contributed by atoms with Crippen LogP contribution in [0.15, 0.2) is 0 Å². The topological polar surface area (TPSA) is 79.9 Å². The Hall–Kier alpha value is -1.50. The molecule has 0 aromatic heterocycles. The van der Waals surface area contributed by atoms with Crippen LogP contribution in [-0.2, 0) is 9.47 Å². The number of hydrogen-bond donors (Lipinski definition) is 2. The summed E-state index contributed by atoms with van der Waals surface area (Å²) in [6.45, 7) is 9.24. The lowest BCUT2D eigenvalue weighted by Crippen LogP contribution is -2.48. The van der Waals surface area contributed by atoms with Crippen LogP contribution in [0.5, 0.6) is 0 Å². The van der Waals surface area contributed by atoms with E-state index in [1.54, 1.807) is 12.0 Å². The molecule has 1 saturated heterocycles. The lowest BCUT2D eigenvalue weighted by Gasteiger charge is -2.24. The molecule has 7 heteroatoms. The van der Waals surface area contributed by atoms with Gasteiger partial charge in [0, 0.05) is 20.2 Å². The number of nitrogens with one attached hydrogen (secondary N) is 2. The second-order valence-corrected chi connectivity index (χ2v) is 9.70. The van der Waals surface area contributed by atoms with Crippen molar-refractivity contribution >= 4 is 12.1 Å². The van der Waals surface area contributed by atoms with Gasteiger partial charge in [0.2, 0.25) is 0 Å². The van der Waals surface area contributed by atoms with E-state index in [9.17, 15) is 9.59 Å². The van der Waals surface area contributed by atoms with Crippen LogP contribution < -0.4 is 10.6 Å². The van der Waals surface area contributed by atoms with E-state index in [1.807, 2.05) is 20.8 Å². The largest absolute Gasteiger partial charge is 0.444 e. The van der Waals surface area contributed by atoms with E-state index in [1.165, 1.54) is 57.8 Å². The fraction of sp³-hybridized carbons (Fsp3) is 0.917. The van der Waals surface area contributed by atoms with Crippen molar-refractivity contribution in [1.82, 2.24) is 15.5 Å². The molecule has 2 N–H and O–H groups in total. The van der Waals surface area contributed by atoms with E-state index < -0.39 is 5.60 Å². The highest BCUT2D eigenvalue weighted by Crippen LogP contribution is 2.17. The molecule has 0 aliphatic carbocycles. The summed E-state index contributed by atoms with van der Waals surface area (Å²) < 4.78 is 10.9. The van der Waals surface area contributed by atoms with Gasteiger partial charge in [-0.25, -0.2) is 9.59 Å². The van der Waals surface area contributed by atoms with Gasteiger partial charge >= 0.3 is 12.1 Å². The molecule has 1 aliphatic heterocycles. The van der Waals surface area contributed by atoms with E-state index in [4.69, 9.17) is 9.47 Å². The number of rotatable bonds is 14. The molecule has 1 aliphatic rings. The Morgan fingerprint density at radius 2 is 1.45 bits per heavy atom. The number of carbonyl (C=O) groups is 2. The molecule has 7 nitrogen and oxygen atoms in total. The monoisotopic (exact) mass is 441 g/mol. The molecule has 1 heterocycles. The number of hydrogen-bond acceptors (Lipinski definition) is 4. The normalized spacial score (nSPS) is 18.8. The van der Waals surface area contributed by atoms with Gasteiger partial charge in [0.25, 0.3) is 0 Å². The minimum absolute atomic E-state index is 0.204. The molecule has 0 unspecified atom stereocenters. The van der Waals surface area contributed by atoms with Gasteiger partial charge in [-0.15, -0.1) is 0 Å². The Morgan fingerprint density at radius 1 is 0.903 bits per heavy atom. The summed E-state index contributed by atoms with van der Waals surface area (Å²) in [5.74, 6) is 0. The Kier molecular flexibility index (Phi) is 13.6. The molecule has 0 aromatic rings. The lowest BCUT2D eigenvalue weighted by atomic mass is 10.1. The Morgan fingerprint density at radius 3 is 1.97 bits per heavy atom. The number of likely N-dealkylation sites (tertiary alicyclic amines) is 1. The molecular formula is C24H47N3O4. The van der Waals surface area contributed by atoms with Crippen molar-refractivity contribution in [2.45, 2.75) is 116 Å². The molecule has 1 fully saturated rings. The Balaban J connectivity index is 2.11. The van der Waals surface area contributed by atoms with Crippen LogP contribution in [0.2, 0.25) is 0 Å². The standard InChI is InChI=1S/C24H47N3O4/c1-6-7-8-9-10-11-12-13-14-15-16-17-25-22(28)26-20-18-27(19-21(20)30-5)23(29)31-24(2,3)4/h20-21H,6-19H2,1-5H3,(H2,25,26,28)/t20-,21+/m1/s1. The third-order valence-corrected chi connectivity index (χ3v) is 5.60. The van der Waals surface area contributed by atoms with Gasteiger partial charge in [-0.1, -0.05) is 71.1 Å². The maximum atomic E-state index is 12.3. The van der Waals surface area contributed by atoms with Crippen LogP contribution in [0, 0.1) is 0 Å². The number of amides is 3. The summed E-state index contributed by atoms with van der Waals surface area (Å²) in [6, 6.07) is -0.444. The van der Waals surface area contributed by atoms with Crippen LogP contribution in [0.25, 0.3) is 0 Å². The summed E-state index contributed by atoms with van der Waals surface area (Å²) in [4.78, 5) is 26.1. The number of carbonyl (C=O) groups excluding carboxylic acids is 2. The first-order chi connectivity index (χ1) is 14.8. The van der Waals surface area contributed by atoms with Crippen LogP contribution in [0.3, 0.4) is 0 Å². The number of ether oxygens (including phenoxy) is 2. The number of nitrogens with zero attached hydrogens (tertiary/aromatic N) is 1. The van der Waals surface area contributed by atoms with Crippen molar-refractivity contribution in [1.29, 1.82) is 0 Å². The fourth-order valence-corrected chi connectivity index (χ4v) is 3.84. The highest BCUT2D eigenvalue weighted by atomic mass is 16.6. The molecular weight excluding hydrogens is 394 g/mol. The summed E-state index contributed by atoms with van der Waals surface area (Å²) in [6.07, 6.45) is 13.6. The SMILES string of the molecule is CCCCCCCCCCCCCNC(=O)N[C@@H]1CN(C(=O)OC(C)(C)C)C[C@@H]1OC. The summed E-state index contributed by atoms with van der Waals surface area (Å²) >= 11 is 0. The van der Waals surface area contributed by atoms with Crippen molar-refractivity contribution < 1.29 is 19.1 Å². The zero-order chi connectivity index (χ0) is 23.1. The molecule has 3 amide bonds. The predicted octanol–water partition coefficient (Wildman–Crippen LogP) is 5.23. The van der Waals surface area contributed by atoms with Crippen molar-refractivity contribution in [3.63, 3.8) is 0 Å². The zero-order valence-corrected chi connectivity index (χ0v) is 20.6. The molecule has 31 heavy (non-hydrogen) atoms. The van der Waals surface area contributed by atoms with Crippen molar-refractivity contribution in [2.75, 3.05) is 26.7 Å². The summed E-state index contributed by atoms with van der Waals surface area (Å²) in [5, 5.41) is 5.87. The Labute approximate surface area is 190 Å². The first-order valence-electron chi connectivity index (χ1n) is 12.3. The van der Waals surface area contributed by atoms with Gasteiger partial charge < -0.3 is 25.0 Å². The van der Waals surface area contributed by atoms with Gasteiger partial charge in [-0.3, -0.25) is 0 Å². The average molecular weight is 442 g/mol. The van der Waals surface area contributed by atoms with Crippen LogP contribution >= 0.6 is 0 Å². The molecule has 182 valence electrons. The fourth-order valence-electron chi connectivity index (χ4n) is 3.84. The van der Waals surface area contributed by atoms with Crippen LogP contribution in [-0.4, -0.2) is 61.5 Å². The average Bonchev–Trinajstić information content (AvgIpc) is 3.10. The van der Waals surface area contributed by atoms with Gasteiger partial charge in [-0.2, -0.15) is 0 Å². The van der Waals surface area contributed by atoms with Gasteiger partial charge in [-0.05, 0) is 27.2 Å². The van der Waals surface area contributed by atoms with Crippen LogP contribution in [0.1, 0.15) is 98.3 Å². The summed E-state index contributed by atoms with van der Waals surface area (Å²) in [7, 11) is 1.60. The molecule has 0 spiro atoms. The molecule has 1 rings (SSSR count). The molecule has 0 saturated carbocycles. The van der Waals surface area contributed by atoms with Gasteiger partial charge in [0.05, 0.1) is 18.7 Å². The number of methoxy groups -OCH3 is 1. The predicted molar refractivity (Wildman–Crippen MR) is 125 cm³/mol. The first kappa shape index (κ1) is 27.5. The van der Waals surface area contributed by atoms with Crippen LogP contribution in [0.4, 0.5) is 9.59 Å². The van der Waals surface area contributed by atoms with Gasteiger partial charge in [0.15, 0.2) is 0 Å². The highest BCUT2D eigenvalue weighted by molar-refractivity contribution is 5.75. The van der Waals surface area contributed by atoms with E-state index >= 15 is 0 Å². The smallest absolute Gasteiger partial charge is 0.410 e. The minimum Gasteiger partial charge on any atom is -0.444 e. The maximum absolute atomic E-state index is 12.3. The summed E-state index contributed by atoms with van der Waals surface area (Å²) in [5.41, 5.74) is -0.544. The molecule has 0 bridgehead atoms. The van der Waals surface area contributed by atoms with Crippen molar-refractivity contribution in [2.24, 2.45) is 0 Å².